The molecule has 97 valence electrons. The van der Waals surface area contributed by atoms with E-state index >= 15 is 0 Å². The van der Waals surface area contributed by atoms with Crippen molar-refractivity contribution in [3.05, 3.63) is 46.4 Å². The van der Waals surface area contributed by atoms with Gasteiger partial charge in [-0.05, 0) is 24.3 Å². The van der Waals surface area contributed by atoms with Crippen LogP contribution in [0.5, 0.6) is 23.0 Å². The molecule has 0 saturated heterocycles. The first-order valence-electron chi connectivity index (χ1n) is 5.18. The van der Waals surface area contributed by atoms with E-state index in [9.17, 15) is 10.2 Å². The monoisotopic (exact) mass is 297 g/mol. The first kappa shape index (κ1) is 13.7. The van der Waals surface area contributed by atoms with Crippen molar-refractivity contribution in [2.45, 2.75) is 0 Å². The molecule has 0 amide bonds. The van der Waals surface area contributed by atoms with Crippen LogP contribution in [0.3, 0.4) is 0 Å². The van der Waals surface area contributed by atoms with E-state index in [4.69, 9.17) is 32.5 Å². The van der Waals surface area contributed by atoms with Gasteiger partial charge >= 0.3 is 7.69 Å². The summed E-state index contributed by atoms with van der Waals surface area (Å²) in [5, 5.41) is 18.8. The molecule has 0 fully saturated rings. The second-order valence-corrected chi connectivity index (χ2v) is 4.37. The lowest BCUT2D eigenvalue weighted by Crippen LogP contribution is -2.10. The molecule has 2 N–H and O–H groups in total. The lowest BCUT2D eigenvalue weighted by Gasteiger charge is -2.07. The fourth-order valence-electron chi connectivity index (χ4n) is 1.26. The molecule has 2 rings (SSSR count). The zero-order valence-electron chi connectivity index (χ0n) is 9.51. The Balaban J connectivity index is 1.92. The van der Waals surface area contributed by atoms with Gasteiger partial charge in [-0.2, -0.15) is 0 Å². The largest absolute Gasteiger partial charge is 0.658 e. The Labute approximate surface area is 120 Å². The van der Waals surface area contributed by atoms with E-state index in [1.54, 1.807) is 0 Å². The normalized spacial score (nSPS) is 10.0. The van der Waals surface area contributed by atoms with Crippen LogP contribution in [0, 0.1) is 0 Å². The van der Waals surface area contributed by atoms with Crippen molar-refractivity contribution < 1.29 is 19.5 Å². The number of aromatic hydroxyl groups is 2. The van der Waals surface area contributed by atoms with E-state index in [1.165, 1.54) is 36.4 Å². The number of hydrogen-bond acceptors (Lipinski definition) is 4. The van der Waals surface area contributed by atoms with Crippen molar-refractivity contribution in [1.82, 2.24) is 0 Å². The molecule has 0 saturated carbocycles. The maximum Gasteiger partial charge on any atom is 0.658 e. The molecule has 0 spiro atoms. The molecule has 0 bridgehead atoms. The highest BCUT2D eigenvalue weighted by atomic mass is 35.5. The molecule has 2 aromatic rings. The van der Waals surface area contributed by atoms with Crippen LogP contribution in [0.4, 0.5) is 0 Å². The van der Waals surface area contributed by atoms with Crippen molar-refractivity contribution in [2.75, 3.05) is 0 Å². The van der Waals surface area contributed by atoms with E-state index < -0.39 is 0 Å². The number of halogens is 2. The summed E-state index contributed by atoms with van der Waals surface area (Å²) in [6.45, 7) is 0. The van der Waals surface area contributed by atoms with E-state index in [0.29, 0.717) is 11.5 Å². The summed E-state index contributed by atoms with van der Waals surface area (Å²) in [5.74, 6) is 0.765. The molecule has 0 aromatic heterocycles. The number of hydrogen-bond donors (Lipinski definition) is 2. The quantitative estimate of drug-likeness (QED) is 0.849. The van der Waals surface area contributed by atoms with Gasteiger partial charge in [0.15, 0.2) is 0 Å². The second kappa shape index (κ2) is 5.95. The van der Waals surface area contributed by atoms with Crippen LogP contribution in [0.15, 0.2) is 36.4 Å². The smallest absolute Gasteiger partial charge is 0.526 e. The summed E-state index contributed by atoms with van der Waals surface area (Å²) >= 11 is 11.4. The fourth-order valence-corrected chi connectivity index (χ4v) is 1.60. The molecule has 0 aliphatic heterocycles. The molecule has 0 unspecified atom stereocenters. The minimum atomic E-state index is -0.0275. The highest BCUT2D eigenvalue weighted by Crippen LogP contribution is 2.28. The third kappa shape index (κ3) is 3.62. The predicted molar refractivity (Wildman–Crippen MR) is 73.2 cm³/mol. The third-order valence-electron chi connectivity index (χ3n) is 2.21. The van der Waals surface area contributed by atoms with Crippen molar-refractivity contribution >= 4 is 30.9 Å². The lowest BCUT2D eigenvalue weighted by molar-refractivity contribution is 0.450. The maximum absolute atomic E-state index is 9.24. The Morgan fingerprint density at radius 2 is 1.21 bits per heavy atom. The molecule has 1 radical (unpaired) electrons. The van der Waals surface area contributed by atoms with Crippen LogP contribution in [0.2, 0.25) is 10.0 Å². The topological polar surface area (TPSA) is 58.9 Å². The molecule has 19 heavy (non-hydrogen) atoms. The van der Waals surface area contributed by atoms with Crippen LogP contribution >= 0.6 is 23.2 Å². The highest BCUT2D eigenvalue weighted by Gasteiger charge is 2.06. The summed E-state index contributed by atoms with van der Waals surface area (Å²) in [4.78, 5) is 0. The molecule has 7 heteroatoms. The first-order valence-corrected chi connectivity index (χ1v) is 5.94. The standard InChI is InChI=1S/C12H8BCl2O4/c14-9-5-7(1-3-11(9)16)18-13-19-8-2-4-12(17)10(15)6-8/h1-6,16-17H. The van der Waals surface area contributed by atoms with Gasteiger partial charge in [-0.25, -0.2) is 0 Å². The van der Waals surface area contributed by atoms with Gasteiger partial charge in [-0.1, -0.05) is 23.2 Å². The average molecular weight is 298 g/mol. The van der Waals surface area contributed by atoms with Gasteiger partial charge in [-0.15, -0.1) is 0 Å². The van der Waals surface area contributed by atoms with Crippen LogP contribution in [-0.4, -0.2) is 17.9 Å². The Bertz CT molecular complexity index is 540. The van der Waals surface area contributed by atoms with Crippen LogP contribution < -0.4 is 9.31 Å². The zero-order chi connectivity index (χ0) is 13.8. The van der Waals surface area contributed by atoms with Crippen molar-refractivity contribution in [2.24, 2.45) is 0 Å². The Morgan fingerprint density at radius 1 is 0.789 bits per heavy atom. The van der Waals surface area contributed by atoms with E-state index in [-0.39, 0.29) is 21.5 Å². The highest BCUT2D eigenvalue weighted by molar-refractivity contribution is 6.32. The molecule has 0 aliphatic carbocycles. The SMILES string of the molecule is Oc1ccc(O[B]Oc2ccc(O)c(Cl)c2)cc1Cl. The summed E-state index contributed by atoms with van der Waals surface area (Å²) in [7, 11) is 1.09. The van der Waals surface area contributed by atoms with E-state index in [1.807, 2.05) is 0 Å². The van der Waals surface area contributed by atoms with Gasteiger partial charge in [0.25, 0.3) is 0 Å². The lowest BCUT2D eigenvalue weighted by atomic mass is 10.3. The van der Waals surface area contributed by atoms with Crippen LogP contribution in [-0.2, 0) is 0 Å². The molecule has 2 aromatic carbocycles. The molecule has 0 aliphatic rings. The zero-order valence-corrected chi connectivity index (χ0v) is 11.0. The average Bonchev–Trinajstić information content (AvgIpc) is 2.38. The van der Waals surface area contributed by atoms with Gasteiger partial charge < -0.3 is 19.5 Å². The molecule has 4 nitrogen and oxygen atoms in total. The number of rotatable bonds is 4. The maximum atomic E-state index is 9.24. The van der Waals surface area contributed by atoms with Crippen molar-refractivity contribution in [3.63, 3.8) is 0 Å². The molecular weight excluding hydrogens is 290 g/mol. The number of benzene rings is 2. The summed E-state index contributed by atoms with van der Waals surface area (Å²) in [6.07, 6.45) is 0. The van der Waals surface area contributed by atoms with Crippen molar-refractivity contribution in [3.8, 4) is 23.0 Å². The van der Waals surface area contributed by atoms with Gasteiger partial charge in [0.1, 0.15) is 23.0 Å². The predicted octanol–water partition coefficient (Wildman–Crippen LogP) is 3.40. The Morgan fingerprint density at radius 3 is 1.58 bits per heavy atom. The molecule has 0 heterocycles. The summed E-state index contributed by atoms with van der Waals surface area (Å²) in [6, 6.07) is 8.77. The third-order valence-corrected chi connectivity index (χ3v) is 2.81. The van der Waals surface area contributed by atoms with Crippen LogP contribution in [0.25, 0.3) is 0 Å². The van der Waals surface area contributed by atoms with Gasteiger partial charge in [0.2, 0.25) is 0 Å². The minimum Gasteiger partial charge on any atom is -0.526 e. The Hall–Kier alpha value is -1.72. The minimum absolute atomic E-state index is 0.0275. The summed E-state index contributed by atoms with van der Waals surface area (Å²) in [5.41, 5.74) is 0. The first-order chi connectivity index (χ1) is 9.06. The Kier molecular flexibility index (Phi) is 4.29. The number of phenols is 2. The number of phenolic OH excluding ortho intramolecular Hbond substituents is 2. The van der Waals surface area contributed by atoms with Gasteiger partial charge in [0.05, 0.1) is 10.0 Å². The van der Waals surface area contributed by atoms with Gasteiger partial charge in [0, 0.05) is 12.1 Å². The fraction of sp³-hybridized carbons (Fsp3) is 0. The van der Waals surface area contributed by atoms with E-state index in [2.05, 4.69) is 0 Å². The van der Waals surface area contributed by atoms with Crippen molar-refractivity contribution in [1.29, 1.82) is 0 Å². The second-order valence-electron chi connectivity index (χ2n) is 3.56. The summed E-state index contributed by atoms with van der Waals surface area (Å²) < 4.78 is 10.3. The molecule has 0 atom stereocenters. The molecular formula is C12H8BCl2O4. The van der Waals surface area contributed by atoms with Gasteiger partial charge in [-0.3, -0.25) is 0 Å². The van der Waals surface area contributed by atoms with Crippen LogP contribution in [0.1, 0.15) is 0 Å². The van der Waals surface area contributed by atoms with E-state index in [0.717, 1.165) is 7.69 Å².